The maximum atomic E-state index is 14.7. The van der Waals surface area contributed by atoms with E-state index in [-0.39, 0.29) is 18.2 Å². The number of ether oxygens (including phenoxy) is 1. The normalized spacial score (nSPS) is 22.6. The lowest BCUT2D eigenvalue weighted by atomic mass is 10.1. The molecule has 4 heterocycles. The predicted molar refractivity (Wildman–Crippen MR) is 128 cm³/mol. The average molecular weight is 478 g/mol. The fraction of sp³-hybridized carbons (Fsp3) is 0.292. The van der Waals surface area contributed by atoms with Crippen molar-refractivity contribution in [1.82, 2.24) is 29.4 Å². The van der Waals surface area contributed by atoms with Crippen LogP contribution >= 0.6 is 0 Å². The number of benzene rings is 2. The summed E-state index contributed by atoms with van der Waals surface area (Å²) in [7, 11) is 0. The number of para-hydroxylation sites is 2. The average Bonchev–Trinajstić information content (AvgIpc) is 3.52. The largest absolute Gasteiger partial charge is 0.387 e. The summed E-state index contributed by atoms with van der Waals surface area (Å²) >= 11 is 0. The molecule has 2 aromatic carbocycles. The highest BCUT2D eigenvalue weighted by atomic mass is 19.1. The summed E-state index contributed by atoms with van der Waals surface area (Å²) in [6.07, 6.45) is -1.06. The Kier molecular flexibility index (Phi) is 5.33. The van der Waals surface area contributed by atoms with Crippen LogP contribution in [0.2, 0.25) is 0 Å². The Morgan fingerprint density at radius 2 is 1.86 bits per heavy atom. The fourth-order valence-corrected chi connectivity index (χ4v) is 4.92. The Morgan fingerprint density at radius 3 is 2.74 bits per heavy atom. The number of halogens is 1. The van der Waals surface area contributed by atoms with Crippen molar-refractivity contribution in [3.05, 3.63) is 60.9 Å². The molecule has 0 radical (unpaired) electrons. The Bertz CT molecular complexity index is 1530. The summed E-state index contributed by atoms with van der Waals surface area (Å²) < 4.78 is 24.2. The zero-order chi connectivity index (χ0) is 24.1. The number of imidazole rings is 1. The Balaban J connectivity index is 1.16. The minimum atomic E-state index is -1.18. The van der Waals surface area contributed by atoms with Crippen LogP contribution in [0.1, 0.15) is 6.23 Å². The molecule has 11 heteroatoms. The smallest absolute Gasteiger partial charge is 0.167 e. The zero-order valence-corrected chi connectivity index (χ0v) is 18.6. The van der Waals surface area contributed by atoms with E-state index in [9.17, 15) is 14.6 Å². The van der Waals surface area contributed by atoms with Gasteiger partial charge in [-0.2, -0.15) is 0 Å². The minimum Gasteiger partial charge on any atom is -0.387 e. The van der Waals surface area contributed by atoms with E-state index in [1.807, 2.05) is 34.9 Å². The van der Waals surface area contributed by atoms with Gasteiger partial charge in [-0.1, -0.05) is 30.3 Å². The van der Waals surface area contributed by atoms with Gasteiger partial charge in [-0.25, -0.2) is 19.3 Å². The predicted octanol–water partition coefficient (Wildman–Crippen LogP) is 1.56. The topological polar surface area (TPSA) is 136 Å². The third-order valence-electron chi connectivity index (χ3n) is 6.60. The molecule has 1 fully saturated rings. The van der Waals surface area contributed by atoms with Gasteiger partial charge in [0, 0.05) is 35.9 Å². The van der Waals surface area contributed by atoms with Gasteiger partial charge in [0.15, 0.2) is 17.7 Å². The number of aromatic nitrogens is 5. The van der Waals surface area contributed by atoms with Crippen molar-refractivity contribution in [2.45, 2.75) is 31.1 Å². The summed E-state index contributed by atoms with van der Waals surface area (Å²) in [5.41, 5.74) is 8.18. The van der Waals surface area contributed by atoms with Gasteiger partial charge in [0.1, 0.15) is 36.0 Å². The molecule has 0 aliphatic carbocycles. The molecule has 0 saturated carbocycles. The van der Waals surface area contributed by atoms with Crippen molar-refractivity contribution in [1.29, 1.82) is 0 Å². The van der Waals surface area contributed by atoms with E-state index < -0.39 is 24.5 Å². The van der Waals surface area contributed by atoms with Crippen molar-refractivity contribution in [2.24, 2.45) is 0 Å². The van der Waals surface area contributed by atoms with E-state index in [4.69, 9.17) is 10.5 Å². The van der Waals surface area contributed by atoms with Gasteiger partial charge >= 0.3 is 0 Å². The number of nitrogen functional groups attached to an aromatic ring is 1. The summed E-state index contributed by atoms with van der Waals surface area (Å²) in [6.45, 7) is 1.31. The third kappa shape index (κ3) is 3.51. The number of aliphatic hydroxyl groups excluding tert-OH is 2. The lowest BCUT2D eigenvalue weighted by Gasteiger charge is -2.16. The first-order valence-corrected chi connectivity index (χ1v) is 11.4. The molecule has 4 atom stereocenters. The van der Waals surface area contributed by atoms with Crippen molar-refractivity contribution >= 4 is 38.8 Å². The number of hydrogen-bond acceptors (Lipinski definition) is 8. The number of hydrogen-bond donors (Lipinski definition) is 4. The van der Waals surface area contributed by atoms with Crippen LogP contribution in [0.4, 0.5) is 10.2 Å². The van der Waals surface area contributed by atoms with E-state index in [0.717, 1.165) is 16.3 Å². The Hall–Kier alpha value is -3.64. The first-order valence-electron chi connectivity index (χ1n) is 11.4. The third-order valence-corrected chi connectivity index (χ3v) is 6.60. The quantitative estimate of drug-likeness (QED) is 0.271. The number of fused-ring (bicyclic) bond motifs is 4. The van der Waals surface area contributed by atoms with Crippen LogP contribution in [0.25, 0.3) is 33.0 Å². The van der Waals surface area contributed by atoms with E-state index in [2.05, 4.69) is 20.3 Å². The van der Waals surface area contributed by atoms with Crippen molar-refractivity contribution in [2.75, 3.05) is 18.8 Å². The first kappa shape index (κ1) is 21.9. The molecule has 0 bridgehead atoms. The fourth-order valence-electron chi connectivity index (χ4n) is 4.92. The van der Waals surface area contributed by atoms with Crippen molar-refractivity contribution in [3.8, 4) is 0 Å². The van der Waals surface area contributed by atoms with Gasteiger partial charge in [0.2, 0.25) is 0 Å². The SMILES string of the molecule is Nc1ncnc2c1ncn2C1OC(CNCCn2c3ccccc3c3cccc(F)c32)C(O)C1O. The number of aliphatic hydroxyl groups is 2. The van der Waals surface area contributed by atoms with Crippen molar-refractivity contribution < 1.29 is 19.3 Å². The van der Waals surface area contributed by atoms with Crippen LogP contribution in [-0.4, -0.2) is 65.7 Å². The van der Waals surface area contributed by atoms with Gasteiger partial charge < -0.3 is 30.6 Å². The van der Waals surface area contributed by atoms with E-state index >= 15 is 0 Å². The van der Waals surface area contributed by atoms with Crippen molar-refractivity contribution in [3.63, 3.8) is 0 Å². The lowest BCUT2D eigenvalue weighted by Crippen LogP contribution is -2.38. The molecule has 5 N–H and O–H groups in total. The molecule has 1 saturated heterocycles. The molecule has 35 heavy (non-hydrogen) atoms. The molecule has 10 nitrogen and oxygen atoms in total. The highest BCUT2D eigenvalue weighted by Gasteiger charge is 2.44. The van der Waals surface area contributed by atoms with Crippen LogP contribution in [0.5, 0.6) is 0 Å². The van der Waals surface area contributed by atoms with Crippen LogP contribution < -0.4 is 11.1 Å². The minimum absolute atomic E-state index is 0.224. The van der Waals surface area contributed by atoms with Gasteiger partial charge in [-0.05, 0) is 12.1 Å². The molecule has 0 spiro atoms. The van der Waals surface area contributed by atoms with Gasteiger partial charge in [-0.3, -0.25) is 4.57 Å². The lowest BCUT2D eigenvalue weighted by molar-refractivity contribution is -0.0341. The highest BCUT2D eigenvalue weighted by molar-refractivity contribution is 6.08. The molecule has 1 aliphatic rings. The summed E-state index contributed by atoms with van der Waals surface area (Å²) in [6, 6.07) is 13.0. The number of rotatable bonds is 6. The maximum Gasteiger partial charge on any atom is 0.167 e. The monoisotopic (exact) mass is 477 g/mol. The Labute approximate surface area is 198 Å². The first-order chi connectivity index (χ1) is 17.0. The number of nitrogens with zero attached hydrogens (tertiary/aromatic N) is 5. The molecule has 5 aromatic rings. The number of nitrogens with one attached hydrogen (secondary N) is 1. The summed E-state index contributed by atoms with van der Waals surface area (Å²) in [5, 5.41) is 26.4. The second kappa shape index (κ2) is 8.54. The molecule has 180 valence electrons. The summed E-state index contributed by atoms with van der Waals surface area (Å²) in [4.78, 5) is 12.3. The molecule has 4 unspecified atom stereocenters. The standard InChI is InChI=1S/C24H24FN7O3/c25-15-6-3-5-14-13-4-1-2-7-16(13)31(19(14)15)9-8-27-10-17-20(33)21(34)24(35-17)32-12-30-18-22(26)28-11-29-23(18)32/h1-7,11-12,17,20-21,24,27,33-34H,8-10H2,(H2,26,28,29). The van der Waals surface area contributed by atoms with Crippen LogP contribution in [0.15, 0.2) is 55.1 Å². The second-order valence-corrected chi connectivity index (χ2v) is 8.64. The highest BCUT2D eigenvalue weighted by Crippen LogP contribution is 2.32. The number of nitrogens with two attached hydrogens (primary N) is 1. The van der Waals surface area contributed by atoms with Crippen LogP contribution in [0.3, 0.4) is 0 Å². The molecule has 3 aromatic heterocycles. The number of anilines is 1. The molecule has 0 amide bonds. The zero-order valence-electron chi connectivity index (χ0n) is 18.6. The molecular formula is C24H24FN7O3. The molecular weight excluding hydrogens is 453 g/mol. The molecule has 6 rings (SSSR count). The van der Waals surface area contributed by atoms with E-state index in [1.54, 1.807) is 10.6 Å². The van der Waals surface area contributed by atoms with Gasteiger partial charge in [0.05, 0.1) is 11.8 Å². The second-order valence-electron chi connectivity index (χ2n) is 8.64. The molecule has 1 aliphatic heterocycles. The summed E-state index contributed by atoms with van der Waals surface area (Å²) in [5.74, 6) is -0.0438. The maximum absolute atomic E-state index is 14.7. The van der Waals surface area contributed by atoms with Crippen LogP contribution in [-0.2, 0) is 11.3 Å². The Morgan fingerprint density at radius 1 is 1.03 bits per heavy atom. The van der Waals surface area contributed by atoms with E-state index in [1.165, 1.54) is 18.7 Å². The van der Waals surface area contributed by atoms with E-state index in [0.29, 0.717) is 29.8 Å². The van der Waals surface area contributed by atoms with Gasteiger partial charge in [0.25, 0.3) is 0 Å². The van der Waals surface area contributed by atoms with Crippen LogP contribution in [0, 0.1) is 5.82 Å². The van der Waals surface area contributed by atoms with Gasteiger partial charge in [-0.15, -0.1) is 0 Å².